The zero-order chi connectivity index (χ0) is 22.6. The summed E-state index contributed by atoms with van der Waals surface area (Å²) >= 11 is 0. The van der Waals surface area contributed by atoms with Gasteiger partial charge >= 0.3 is 0 Å². The van der Waals surface area contributed by atoms with Gasteiger partial charge in [0.25, 0.3) is 5.91 Å². The number of piperidine rings is 1. The molecular weight excluding hydrogens is 416 g/mol. The van der Waals surface area contributed by atoms with E-state index in [1.165, 1.54) is 6.07 Å². The molecular formula is C22H34N4O4S. The molecule has 0 saturated carbocycles. The van der Waals surface area contributed by atoms with Gasteiger partial charge in [-0.25, -0.2) is 8.42 Å². The van der Waals surface area contributed by atoms with E-state index in [1.54, 1.807) is 27.4 Å². The van der Waals surface area contributed by atoms with E-state index in [0.29, 0.717) is 44.8 Å². The Balaban J connectivity index is 1.64. The van der Waals surface area contributed by atoms with Gasteiger partial charge in [-0.05, 0) is 51.8 Å². The van der Waals surface area contributed by atoms with Crippen LogP contribution in [0.25, 0.3) is 0 Å². The minimum absolute atomic E-state index is 0.0142. The summed E-state index contributed by atoms with van der Waals surface area (Å²) in [6.07, 6.45) is 2.76. The summed E-state index contributed by atoms with van der Waals surface area (Å²) in [7, 11) is -3.62. The lowest BCUT2D eigenvalue weighted by Gasteiger charge is -2.34. The summed E-state index contributed by atoms with van der Waals surface area (Å²) < 4.78 is 27.8. The fraction of sp³-hybridized carbons (Fsp3) is 0.636. The van der Waals surface area contributed by atoms with Gasteiger partial charge in [-0.1, -0.05) is 12.5 Å². The lowest BCUT2D eigenvalue weighted by Crippen LogP contribution is -2.51. The van der Waals surface area contributed by atoms with Gasteiger partial charge in [-0.2, -0.15) is 4.31 Å². The van der Waals surface area contributed by atoms with Crippen LogP contribution < -0.4 is 5.32 Å². The second kappa shape index (κ2) is 10.1. The smallest absolute Gasteiger partial charge is 0.253 e. The summed E-state index contributed by atoms with van der Waals surface area (Å²) in [6, 6.07) is 6.45. The molecule has 1 unspecified atom stereocenters. The highest BCUT2D eigenvalue weighted by atomic mass is 32.2. The maximum absolute atomic E-state index is 13.1. The minimum Gasteiger partial charge on any atom is -0.353 e. The molecule has 0 aliphatic carbocycles. The number of rotatable bonds is 6. The number of hydrogen-bond acceptors (Lipinski definition) is 5. The van der Waals surface area contributed by atoms with Crippen molar-refractivity contribution in [3.05, 3.63) is 29.8 Å². The van der Waals surface area contributed by atoms with Crippen LogP contribution in [0.15, 0.2) is 29.2 Å². The topological polar surface area (TPSA) is 90.0 Å². The van der Waals surface area contributed by atoms with E-state index in [2.05, 4.69) is 5.32 Å². The van der Waals surface area contributed by atoms with Crippen LogP contribution in [0.3, 0.4) is 0 Å². The second-order valence-electron chi connectivity index (χ2n) is 8.78. The fourth-order valence-electron chi connectivity index (χ4n) is 4.22. The number of benzene rings is 1. The molecule has 2 aliphatic heterocycles. The van der Waals surface area contributed by atoms with Crippen LogP contribution in [0.4, 0.5) is 0 Å². The summed E-state index contributed by atoms with van der Waals surface area (Å²) in [5.74, 6) is -0.186. The van der Waals surface area contributed by atoms with Crippen LogP contribution in [-0.2, 0) is 14.8 Å². The van der Waals surface area contributed by atoms with E-state index in [1.807, 2.05) is 25.7 Å². The van der Waals surface area contributed by atoms with Crippen LogP contribution in [-0.4, -0.2) is 85.7 Å². The molecule has 2 fully saturated rings. The van der Waals surface area contributed by atoms with Crippen molar-refractivity contribution in [2.75, 3.05) is 39.3 Å². The standard InChI is InChI=1S/C22H34N4O4S/c1-17(2)23-21(27)16-24-11-13-25(14-12-24)22(28)19-8-6-9-20(15-19)31(29,30)26-10-5-4-7-18(26)3/h6,8-9,15,17-18H,4-5,7,10-14,16H2,1-3H3,(H,23,27). The van der Waals surface area contributed by atoms with Crippen molar-refractivity contribution in [1.82, 2.24) is 19.4 Å². The monoisotopic (exact) mass is 450 g/mol. The summed E-state index contributed by atoms with van der Waals surface area (Å²) in [5.41, 5.74) is 0.386. The SMILES string of the molecule is CC(C)NC(=O)CN1CCN(C(=O)c2cccc(S(=O)(=O)N3CCCCC3C)c2)CC1. The molecule has 1 aromatic rings. The van der Waals surface area contributed by atoms with Gasteiger partial charge in [0.05, 0.1) is 11.4 Å². The average Bonchev–Trinajstić information content (AvgIpc) is 2.73. The van der Waals surface area contributed by atoms with Crippen molar-refractivity contribution in [3.63, 3.8) is 0 Å². The largest absolute Gasteiger partial charge is 0.353 e. The fourth-order valence-corrected chi connectivity index (χ4v) is 5.96. The number of nitrogens with zero attached hydrogens (tertiary/aromatic N) is 3. The summed E-state index contributed by atoms with van der Waals surface area (Å²) in [6.45, 7) is 8.87. The molecule has 0 aromatic heterocycles. The van der Waals surface area contributed by atoms with E-state index >= 15 is 0 Å². The predicted octanol–water partition coefficient (Wildman–Crippen LogP) is 1.53. The second-order valence-corrected chi connectivity index (χ2v) is 10.7. The Kier molecular flexibility index (Phi) is 7.72. The highest BCUT2D eigenvalue weighted by Gasteiger charge is 2.32. The first-order chi connectivity index (χ1) is 14.7. The number of piperazine rings is 1. The first-order valence-corrected chi connectivity index (χ1v) is 12.6. The Hall–Kier alpha value is -1.97. The molecule has 1 N–H and O–H groups in total. The minimum atomic E-state index is -3.62. The Morgan fingerprint density at radius 1 is 1.10 bits per heavy atom. The third-order valence-electron chi connectivity index (χ3n) is 5.91. The van der Waals surface area contributed by atoms with E-state index in [9.17, 15) is 18.0 Å². The Bertz CT molecular complexity index is 895. The summed E-state index contributed by atoms with van der Waals surface area (Å²) in [5, 5.41) is 2.88. The molecule has 0 radical (unpaired) electrons. The maximum Gasteiger partial charge on any atom is 0.253 e. The molecule has 2 saturated heterocycles. The summed E-state index contributed by atoms with van der Waals surface area (Å²) in [4.78, 5) is 28.9. The van der Waals surface area contributed by atoms with E-state index in [0.717, 1.165) is 19.3 Å². The number of nitrogens with one attached hydrogen (secondary N) is 1. The Morgan fingerprint density at radius 2 is 1.81 bits per heavy atom. The van der Waals surface area contributed by atoms with Crippen molar-refractivity contribution in [2.45, 2.75) is 57.0 Å². The number of amides is 2. The zero-order valence-electron chi connectivity index (χ0n) is 18.7. The Morgan fingerprint density at radius 3 is 2.45 bits per heavy atom. The van der Waals surface area contributed by atoms with Crippen LogP contribution >= 0.6 is 0 Å². The van der Waals surface area contributed by atoms with Crippen molar-refractivity contribution >= 4 is 21.8 Å². The zero-order valence-corrected chi connectivity index (χ0v) is 19.5. The number of sulfonamides is 1. The van der Waals surface area contributed by atoms with Crippen molar-refractivity contribution in [1.29, 1.82) is 0 Å². The maximum atomic E-state index is 13.1. The van der Waals surface area contributed by atoms with Gasteiger partial charge < -0.3 is 10.2 Å². The molecule has 3 rings (SSSR count). The molecule has 9 heteroatoms. The molecule has 1 atom stereocenters. The van der Waals surface area contributed by atoms with Gasteiger partial charge in [0.15, 0.2) is 0 Å². The van der Waals surface area contributed by atoms with E-state index in [-0.39, 0.29) is 28.8 Å². The highest BCUT2D eigenvalue weighted by Crippen LogP contribution is 2.26. The van der Waals surface area contributed by atoms with Gasteiger partial charge in [-0.15, -0.1) is 0 Å². The molecule has 172 valence electrons. The third-order valence-corrected chi connectivity index (χ3v) is 7.92. The molecule has 2 heterocycles. The van der Waals surface area contributed by atoms with Crippen LogP contribution in [0.5, 0.6) is 0 Å². The van der Waals surface area contributed by atoms with Gasteiger partial charge in [0.2, 0.25) is 15.9 Å². The molecule has 0 bridgehead atoms. The van der Waals surface area contributed by atoms with Gasteiger partial charge in [-0.3, -0.25) is 14.5 Å². The molecule has 31 heavy (non-hydrogen) atoms. The predicted molar refractivity (Wildman–Crippen MR) is 119 cm³/mol. The molecule has 0 spiro atoms. The van der Waals surface area contributed by atoms with E-state index in [4.69, 9.17) is 0 Å². The van der Waals surface area contributed by atoms with Crippen LogP contribution in [0.2, 0.25) is 0 Å². The molecule has 2 amide bonds. The van der Waals surface area contributed by atoms with Gasteiger partial charge in [0, 0.05) is 50.4 Å². The van der Waals surface area contributed by atoms with Crippen molar-refractivity contribution in [3.8, 4) is 0 Å². The highest BCUT2D eigenvalue weighted by molar-refractivity contribution is 7.89. The van der Waals surface area contributed by atoms with Crippen LogP contribution in [0.1, 0.15) is 50.4 Å². The normalized spacial score (nSPS) is 21.3. The quantitative estimate of drug-likeness (QED) is 0.710. The molecule has 8 nitrogen and oxygen atoms in total. The first kappa shape index (κ1) is 23.7. The average molecular weight is 451 g/mol. The number of hydrogen-bond donors (Lipinski definition) is 1. The van der Waals surface area contributed by atoms with Crippen LogP contribution in [0, 0.1) is 0 Å². The lowest BCUT2D eigenvalue weighted by atomic mass is 10.1. The molecule has 2 aliphatic rings. The number of carbonyl (C=O) groups is 2. The first-order valence-electron chi connectivity index (χ1n) is 11.1. The van der Waals surface area contributed by atoms with Crippen molar-refractivity contribution in [2.24, 2.45) is 0 Å². The lowest BCUT2D eigenvalue weighted by molar-refractivity contribution is -0.123. The Labute approximate surface area is 185 Å². The van der Waals surface area contributed by atoms with E-state index < -0.39 is 10.0 Å². The van der Waals surface area contributed by atoms with Crippen molar-refractivity contribution < 1.29 is 18.0 Å². The molecule has 1 aromatic carbocycles. The van der Waals surface area contributed by atoms with Gasteiger partial charge in [0.1, 0.15) is 0 Å². The number of carbonyl (C=O) groups excluding carboxylic acids is 2. The third kappa shape index (κ3) is 5.84.